The van der Waals surface area contributed by atoms with Crippen LogP contribution in [-0.4, -0.2) is 40.7 Å². The zero-order valence-corrected chi connectivity index (χ0v) is 14.2. The van der Waals surface area contributed by atoms with E-state index >= 15 is 0 Å². The van der Waals surface area contributed by atoms with Crippen molar-refractivity contribution < 1.29 is 13.9 Å². The average Bonchev–Trinajstić information content (AvgIpc) is 3.28. The van der Waals surface area contributed by atoms with Crippen molar-refractivity contribution in [2.45, 2.75) is 31.9 Å². The van der Waals surface area contributed by atoms with E-state index in [0.29, 0.717) is 19.6 Å². The molecule has 1 fully saturated rings. The molecular weight excluding hydrogens is 308 g/mol. The highest BCUT2D eigenvalue weighted by atomic mass is 16.5. The summed E-state index contributed by atoms with van der Waals surface area (Å²) in [4.78, 5) is 18.6. The predicted octanol–water partition coefficient (Wildman–Crippen LogP) is 2.25. The summed E-state index contributed by atoms with van der Waals surface area (Å²) in [5, 5.41) is 2.99. The lowest BCUT2D eigenvalue weighted by molar-refractivity contribution is 0.156. The fraction of sp³-hybridized carbons (Fsp3) is 0.529. The smallest absolute Gasteiger partial charge is 0.318 e. The Morgan fingerprint density at radius 2 is 2.38 bits per heavy atom. The van der Waals surface area contributed by atoms with Crippen LogP contribution in [-0.2, 0) is 24.8 Å². The molecule has 0 radical (unpaired) electrons. The van der Waals surface area contributed by atoms with Crippen molar-refractivity contribution in [3.63, 3.8) is 0 Å². The quantitative estimate of drug-likeness (QED) is 0.880. The summed E-state index contributed by atoms with van der Waals surface area (Å²) in [6.45, 7) is 1.77. The molecule has 7 heteroatoms. The first kappa shape index (κ1) is 16.6. The number of methoxy groups -OCH3 is 1. The van der Waals surface area contributed by atoms with Gasteiger partial charge in [-0.25, -0.2) is 9.78 Å². The average molecular weight is 332 g/mol. The Labute approximate surface area is 141 Å². The molecule has 1 saturated heterocycles. The number of likely N-dealkylation sites (tertiary alicyclic amines) is 1. The number of furan rings is 1. The first-order valence-electron chi connectivity index (χ1n) is 8.27. The summed E-state index contributed by atoms with van der Waals surface area (Å²) >= 11 is 0. The van der Waals surface area contributed by atoms with Crippen molar-refractivity contribution in [2.24, 2.45) is 7.05 Å². The standard InChI is InChI=1S/C17H24N4O3/c1-20-11-9-18-16(20)7-8-19-17(22)21-10-3-4-14(21)15-6-5-13(24-15)12-23-2/h5-6,9,11,14H,3-4,7-8,10,12H2,1-2H3,(H,19,22). The SMILES string of the molecule is COCc1ccc(C2CCCN2C(=O)NCCc2nccn2C)o1. The Balaban J connectivity index is 1.55. The molecule has 0 saturated carbocycles. The van der Waals surface area contributed by atoms with Gasteiger partial charge in [-0.2, -0.15) is 0 Å². The van der Waals surface area contributed by atoms with Crippen LogP contribution in [0.3, 0.4) is 0 Å². The van der Waals surface area contributed by atoms with Gasteiger partial charge in [0, 0.05) is 46.1 Å². The van der Waals surface area contributed by atoms with Gasteiger partial charge < -0.3 is 23.9 Å². The first-order valence-corrected chi connectivity index (χ1v) is 8.27. The second-order valence-corrected chi connectivity index (χ2v) is 6.02. The van der Waals surface area contributed by atoms with Crippen molar-refractivity contribution in [2.75, 3.05) is 20.2 Å². The van der Waals surface area contributed by atoms with E-state index < -0.39 is 0 Å². The molecule has 1 aliphatic rings. The Morgan fingerprint density at radius 3 is 3.12 bits per heavy atom. The van der Waals surface area contributed by atoms with E-state index in [4.69, 9.17) is 9.15 Å². The third-order valence-electron chi connectivity index (χ3n) is 4.36. The minimum absolute atomic E-state index is 0.00349. The number of aromatic nitrogens is 2. The van der Waals surface area contributed by atoms with Gasteiger partial charge in [0.05, 0.1) is 6.04 Å². The van der Waals surface area contributed by atoms with Gasteiger partial charge in [0.25, 0.3) is 0 Å². The maximum Gasteiger partial charge on any atom is 0.318 e. The number of nitrogens with zero attached hydrogens (tertiary/aromatic N) is 3. The molecule has 2 aromatic rings. The Bertz CT molecular complexity index is 679. The van der Waals surface area contributed by atoms with Gasteiger partial charge in [0.1, 0.15) is 24.0 Å². The normalized spacial score (nSPS) is 17.4. The van der Waals surface area contributed by atoms with Crippen molar-refractivity contribution in [3.8, 4) is 0 Å². The number of rotatable bonds is 6. The van der Waals surface area contributed by atoms with Crippen molar-refractivity contribution in [1.82, 2.24) is 19.8 Å². The number of imidazole rings is 1. The van der Waals surface area contributed by atoms with Crippen molar-refractivity contribution in [3.05, 3.63) is 41.9 Å². The maximum atomic E-state index is 12.5. The summed E-state index contributed by atoms with van der Waals surface area (Å²) in [6.07, 6.45) is 6.29. The summed E-state index contributed by atoms with van der Waals surface area (Å²) in [5.41, 5.74) is 0. The molecule has 1 N–H and O–H groups in total. The lowest BCUT2D eigenvalue weighted by atomic mass is 10.2. The lowest BCUT2D eigenvalue weighted by Crippen LogP contribution is -2.40. The highest BCUT2D eigenvalue weighted by molar-refractivity contribution is 5.75. The van der Waals surface area contributed by atoms with Crippen LogP contribution in [0, 0.1) is 0 Å². The van der Waals surface area contributed by atoms with Crippen LogP contribution in [0.15, 0.2) is 28.9 Å². The number of nitrogens with one attached hydrogen (secondary N) is 1. The highest BCUT2D eigenvalue weighted by Crippen LogP contribution is 2.33. The fourth-order valence-corrected chi connectivity index (χ4v) is 3.12. The number of carbonyl (C=O) groups excluding carboxylic acids is 1. The van der Waals surface area contributed by atoms with E-state index in [0.717, 1.165) is 36.7 Å². The molecule has 3 heterocycles. The molecule has 24 heavy (non-hydrogen) atoms. The summed E-state index contributed by atoms with van der Waals surface area (Å²) in [6, 6.07) is 3.81. The molecule has 1 atom stereocenters. The van der Waals surface area contributed by atoms with Gasteiger partial charge in [-0.3, -0.25) is 0 Å². The van der Waals surface area contributed by atoms with Gasteiger partial charge in [0.2, 0.25) is 0 Å². The van der Waals surface area contributed by atoms with Crippen LogP contribution < -0.4 is 5.32 Å². The third-order valence-corrected chi connectivity index (χ3v) is 4.36. The molecule has 0 spiro atoms. The number of amides is 2. The summed E-state index contributed by atoms with van der Waals surface area (Å²) in [5.74, 6) is 2.58. The molecule has 3 rings (SSSR count). The highest BCUT2D eigenvalue weighted by Gasteiger charge is 2.32. The van der Waals surface area contributed by atoms with Crippen molar-refractivity contribution >= 4 is 6.03 Å². The molecule has 0 aromatic carbocycles. The molecular formula is C17H24N4O3. The number of urea groups is 1. The van der Waals surface area contributed by atoms with Gasteiger partial charge in [0.15, 0.2) is 0 Å². The number of ether oxygens (including phenoxy) is 1. The van der Waals surface area contributed by atoms with Crippen molar-refractivity contribution in [1.29, 1.82) is 0 Å². The van der Waals surface area contributed by atoms with E-state index in [1.165, 1.54) is 0 Å². The minimum atomic E-state index is -0.0450. The molecule has 2 amide bonds. The van der Waals surface area contributed by atoms with E-state index in [-0.39, 0.29) is 12.1 Å². The summed E-state index contributed by atoms with van der Waals surface area (Å²) in [7, 11) is 3.59. The van der Waals surface area contributed by atoms with E-state index in [1.807, 2.05) is 34.8 Å². The fourth-order valence-electron chi connectivity index (χ4n) is 3.12. The Morgan fingerprint density at radius 1 is 1.50 bits per heavy atom. The van der Waals surface area contributed by atoms with E-state index in [9.17, 15) is 4.79 Å². The molecule has 1 unspecified atom stereocenters. The van der Waals surface area contributed by atoms with E-state index in [1.54, 1.807) is 13.3 Å². The van der Waals surface area contributed by atoms with Gasteiger partial charge >= 0.3 is 6.03 Å². The Hall–Kier alpha value is -2.28. The number of hydrogen-bond acceptors (Lipinski definition) is 4. The van der Waals surface area contributed by atoms with Crippen LogP contribution in [0.25, 0.3) is 0 Å². The maximum absolute atomic E-state index is 12.5. The first-order chi connectivity index (χ1) is 11.7. The number of carbonyl (C=O) groups is 1. The Kier molecular flexibility index (Phi) is 5.20. The minimum Gasteiger partial charge on any atom is -0.461 e. The zero-order chi connectivity index (χ0) is 16.9. The predicted molar refractivity (Wildman–Crippen MR) is 88.4 cm³/mol. The third kappa shape index (κ3) is 3.62. The molecule has 7 nitrogen and oxygen atoms in total. The summed E-state index contributed by atoms with van der Waals surface area (Å²) < 4.78 is 12.9. The van der Waals surface area contributed by atoms with Crippen LogP contribution >= 0.6 is 0 Å². The number of aryl methyl sites for hydroxylation is 1. The van der Waals surface area contributed by atoms with Crippen LogP contribution in [0.1, 0.15) is 36.2 Å². The largest absolute Gasteiger partial charge is 0.461 e. The molecule has 0 aliphatic carbocycles. The molecule has 0 bridgehead atoms. The molecule has 1 aliphatic heterocycles. The van der Waals surface area contributed by atoms with Crippen LogP contribution in [0.2, 0.25) is 0 Å². The van der Waals surface area contributed by atoms with Crippen LogP contribution in [0.5, 0.6) is 0 Å². The van der Waals surface area contributed by atoms with Gasteiger partial charge in [-0.05, 0) is 25.0 Å². The lowest BCUT2D eigenvalue weighted by Gasteiger charge is -2.23. The monoisotopic (exact) mass is 332 g/mol. The zero-order valence-electron chi connectivity index (χ0n) is 14.2. The van der Waals surface area contributed by atoms with Gasteiger partial charge in [-0.1, -0.05) is 0 Å². The topological polar surface area (TPSA) is 72.5 Å². The molecule has 130 valence electrons. The molecule has 2 aromatic heterocycles. The van der Waals surface area contributed by atoms with Gasteiger partial charge in [-0.15, -0.1) is 0 Å². The second-order valence-electron chi connectivity index (χ2n) is 6.02. The van der Waals surface area contributed by atoms with E-state index in [2.05, 4.69) is 10.3 Å². The second kappa shape index (κ2) is 7.53. The van der Waals surface area contributed by atoms with Crippen LogP contribution in [0.4, 0.5) is 4.79 Å². The number of hydrogen-bond donors (Lipinski definition) is 1.